The van der Waals surface area contributed by atoms with Gasteiger partial charge in [0.2, 0.25) is 5.91 Å². The van der Waals surface area contributed by atoms with Crippen molar-refractivity contribution < 1.29 is 19.1 Å². The highest BCUT2D eigenvalue weighted by Gasteiger charge is 2.17. The molecule has 0 aliphatic carbocycles. The zero-order chi connectivity index (χ0) is 18.5. The third-order valence-corrected chi connectivity index (χ3v) is 4.52. The van der Waals surface area contributed by atoms with Gasteiger partial charge in [-0.15, -0.1) is 0 Å². The molecule has 0 bridgehead atoms. The second-order valence-electron chi connectivity index (χ2n) is 6.46. The first kappa shape index (κ1) is 18.0. The van der Waals surface area contributed by atoms with Crippen LogP contribution in [0.3, 0.4) is 0 Å². The predicted molar refractivity (Wildman–Crippen MR) is 98.6 cm³/mol. The third kappa shape index (κ3) is 4.23. The lowest BCUT2D eigenvalue weighted by Crippen LogP contribution is -2.26. The number of aryl methyl sites for hydroxylation is 1. The maximum absolute atomic E-state index is 12.4. The molecule has 136 valence electrons. The van der Waals surface area contributed by atoms with Gasteiger partial charge in [-0.25, -0.2) is 0 Å². The number of hydrogen-bond donors (Lipinski definition) is 0. The van der Waals surface area contributed by atoms with Crippen molar-refractivity contribution in [3.63, 3.8) is 0 Å². The van der Waals surface area contributed by atoms with E-state index in [-0.39, 0.29) is 24.5 Å². The summed E-state index contributed by atoms with van der Waals surface area (Å²) < 4.78 is 11.0. The van der Waals surface area contributed by atoms with Crippen LogP contribution in [0.25, 0.3) is 0 Å². The zero-order valence-electron chi connectivity index (χ0n) is 15.2. The minimum Gasteiger partial charge on any atom is -0.486 e. The van der Waals surface area contributed by atoms with Crippen molar-refractivity contribution in [2.24, 2.45) is 0 Å². The van der Waals surface area contributed by atoms with Gasteiger partial charge < -0.3 is 14.4 Å². The molecule has 5 heteroatoms. The number of hydrogen-bond acceptors (Lipinski definition) is 4. The minimum atomic E-state index is -0.0698. The van der Waals surface area contributed by atoms with Gasteiger partial charge in [0.25, 0.3) is 0 Å². The monoisotopic (exact) mass is 353 g/mol. The smallest absolute Gasteiger partial charge is 0.223 e. The lowest BCUT2D eigenvalue weighted by molar-refractivity contribution is -0.130. The van der Waals surface area contributed by atoms with Crippen LogP contribution in [0.2, 0.25) is 0 Å². The minimum absolute atomic E-state index is 0.0425. The van der Waals surface area contributed by atoms with Gasteiger partial charge in [0.1, 0.15) is 13.2 Å². The molecule has 0 fully saturated rings. The number of ether oxygens (including phenoxy) is 2. The molecule has 3 rings (SSSR count). The third-order valence-electron chi connectivity index (χ3n) is 4.52. The lowest BCUT2D eigenvalue weighted by Gasteiger charge is -2.19. The first-order valence-corrected chi connectivity index (χ1v) is 8.76. The number of fused-ring (bicyclic) bond motifs is 1. The fraction of sp³-hybridized carbons (Fsp3) is 0.333. The largest absolute Gasteiger partial charge is 0.486 e. The highest BCUT2D eigenvalue weighted by atomic mass is 16.6. The second-order valence-corrected chi connectivity index (χ2v) is 6.46. The molecule has 0 aromatic heterocycles. The Morgan fingerprint density at radius 1 is 1.00 bits per heavy atom. The van der Waals surface area contributed by atoms with Crippen LogP contribution in [0.15, 0.2) is 42.5 Å². The van der Waals surface area contributed by atoms with E-state index in [0.717, 1.165) is 11.1 Å². The van der Waals surface area contributed by atoms with Crippen LogP contribution in [0, 0.1) is 6.92 Å². The maximum Gasteiger partial charge on any atom is 0.223 e. The van der Waals surface area contributed by atoms with Crippen molar-refractivity contribution in [1.82, 2.24) is 4.90 Å². The second kappa shape index (κ2) is 8.04. The zero-order valence-corrected chi connectivity index (χ0v) is 15.2. The molecule has 2 aromatic rings. The molecule has 26 heavy (non-hydrogen) atoms. The Labute approximate surface area is 153 Å². The molecular weight excluding hydrogens is 330 g/mol. The van der Waals surface area contributed by atoms with Crippen LogP contribution < -0.4 is 9.47 Å². The molecular formula is C21H23NO4. The van der Waals surface area contributed by atoms with Gasteiger partial charge in [-0.2, -0.15) is 0 Å². The van der Waals surface area contributed by atoms with E-state index in [9.17, 15) is 9.59 Å². The van der Waals surface area contributed by atoms with E-state index in [1.165, 1.54) is 0 Å². The summed E-state index contributed by atoms with van der Waals surface area (Å²) in [5.74, 6) is 1.13. The first-order valence-electron chi connectivity index (χ1n) is 8.76. The molecule has 0 spiro atoms. The standard InChI is InChI=1S/C21H23NO4/c1-15-5-3-4-6-17(15)14-22(2)21(24)10-8-18(23)16-7-9-19-20(13-16)26-12-11-25-19/h3-7,9,13H,8,10-12,14H2,1-2H3. The van der Waals surface area contributed by atoms with Crippen molar-refractivity contribution in [2.45, 2.75) is 26.3 Å². The molecule has 0 N–H and O–H groups in total. The van der Waals surface area contributed by atoms with Crippen molar-refractivity contribution in [3.8, 4) is 11.5 Å². The predicted octanol–water partition coefficient (Wildman–Crippen LogP) is 3.39. The number of amides is 1. The van der Waals surface area contributed by atoms with Crippen LogP contribution >= 0.6 is 0 Å². The fourth-order valence-electron chi connectivity index (χ4n) is 2.90. The average Bonchev–Trinajstić information content (AvgIpc) is 2.67. The highest BCUT2D eigenvalue weighted by molar-refractivity contribution is 5.98. The van der Waals surface area contributed by atoms with E-state index >= 15 is 0 Å². The van der Waals surface area contributed by atoms with Crippen LogP contribution in [0.4, 0.5) is 0 Å². The van der Waals surface area contributed by atoms with Crippen molar-refractivity contribution in [3.05, 3.63) is 59.2 Å². The molecule has 5 nitrogen and oxygen atoms in total. The fourth-order valence-corrected chi connectivity index (χ4v) is 2.90. The molecule has 0 saturated carbocycles. The van der Waals surface area contributed by atoms with E-state index < -0.39 is 0 Å². The summed E-state index contributed by atoms with van der Waals surface area (Å²) in [5, 5.41) is 0. The Balaban J connectivity index is 1.55. The Hall–Kier alpha value is -2.82. The Bertz CT molecular complexity index is 815. The van der Waals surface area contributed by atoms with Crippen LogP contribution in [-0.2, 0) is 11.3 Å². The quantitative estimate of drug-likeness (QED) is 0.747. The number of Topliss-reactive ketones (excluding diaryl/α,β-unsaturated/α-hetero) is 1. The summed E-state index contributed by atoms with van der Waals surface area (Å²) in [5.41, 5.74) is 2.81. The van der Waals surface area contributed by atoms with E-state index in [1.54, 1.807) is 30.1 Å². The SMILES string of the molecule is Cc1ccccc1CN(C)C(=O)CCC(=O)c1ccc2c(c1)OCCO2. The Morgan fingerprint density at radius 2 is 1.73 bits per heavy atom. The number of carbonyl (C=O) groups excluding carboxylic acids is 2. The number of ketones is 1. The van der Waals surface area contributed by atoms with Gasteiger partial charge in [0, 0.05) is 32.0 Å². The van der Waals surface area contributed by atoms with Crippen LogP contribution in [0.1, 0.15) is 34.3 Å². The van der Waals surface area contributed by atoms with Crippen molar-refractivity contribution in [1.29, 1.82) is 0 Å². The topological polar surface area (TPSA) is 55.8 Å². The molecule has 1 aliphatic rings. The van der Waals surface area contributed by atoms with Gasteiger partial charge in [-0.05, 0) is 36.2 Å². The molecule has 1 amide bonds. The molecule has 1 aliphatic heterocycles. The van der Waals surface area contributed by atoms with Gasteiger partial charge >= 0.3 is 0 Å². The van der Waals surface area contributed by atoms with Crippen molar-refractivity contribution >= 4 is 11.7 Å². The van der Waals surface area contributed by atoms with Gasteiger partial charge in [0.05, 0.1) is 0 Å². The Kier molecular flexibility index (Phi) is 5.56. The number of carbonyl (C=O) groups is 2. The molecule has 0 radical (unpaired) electrons. The number of nitrogens with zero attached hydrogens (tertiary/aromatic N) is 1. The lowest BCUT2D eigenvalue weighted by atomic mass is 10.0. The average molecular weight is 353 g/mol. The number of benzene rings is 2. The van der Waals surface area contributed by atoms with E-state index in [4.69, 9.17) is 9.47 Å². The van der Waals surface area contributed by atoms with E-state index in [0.29, 0.717) is 36.8 Å². The summed E-state index contributed by atoms with van der Waals surface area (Å²) in [7, 11) is 1.77. The van der Waals surface area contributed by atoms with Gasteiger partial charge in [-0.3, -0.25) is 9.59 Å². The highest BCUT2D eigenvalue weighted by Crippen LogP contribution is 2.31. The van der Waals surface area contributed by atoms with E-state index in [2.05, 4.69) is 0 Å². The van der Waals surface area contributed by atoms with Crippen LogP contribution in [-0.4, -0.2) is 36.9 Å². The summed E-state index contributed by atoms with van der Waals surface area (Å²) in [6.45, 7) is 3.57. The Morgan fingerprint density at radius 3 is 2.50 bits per heavy atom. The summed E-state index contributed by atoms with van der Waals surface area (Å²) >= 11 is 0. The first-order chi connectivity index (χ1) is 12.5. The van der Waals surface area contributed by atoms with Gasteiger partial charge in [-0.1, -0.05) is 24.3 Å². The van der Waals surface area contributed by atoms with Crippen LogP contribution in [0.5, 0.6) is 11.5 Å². The molecule has 0 atom stereocenters. The summed E-state index contributed by atoms with van der Waals surface area (Å²) in [4.78, 5) is 26.4. The van der Waals surface area contributed by atoms with Gasteiger partial charge in [0.15, 0.2) is 17.3 Å². The molecule has 0 saturated heterocycles. The molecule has 2 aromatic carbocycles. The number of rotatable bonds is 6. The summed E-state index contributed by atoms with van der Waals surface area (Å²) in [6.07, 6.45) is 0.367. The summed E-state index contributed by atoms with van der Waals surface area (Å²) in [6, 6.07) is 13.1. The molecule has 0 unspecified atom stereocenters. The normalized spacial score (nSPS) is 12.5. The van der Waals surface area contributed by atoms with Crippen molar-refractivity contribution in [2.75, 3.05) is 20.3 Å². The van der Waals surface area contributed by atoms with E-state index in [1.807, 2.05) is 31.2 Å². The molecule has 1 heterocycles. The maximum atomic E-state index is 12.4.